The second-order valence-electron chi connectivity index (χ2n) is 5.62. The number of nitrogens with zero attached hydrogens (tertiary/aromatic N) is 3. The molecule has 0 radical (unpaired) electrons. The molecule has 5 nitrogen and oxygen atoms in total. The highest BCUT2D eigenvalue weighted by atomic mass is 15.3. The van der Waals surface area contributed by atoms with Crippen LogP contribution in [0.1, 0.15) is 18.2 Å². The van der Waals surface area contributed by atoms with Crippen molar-refractivity contribution in [1.82, 2.24) is 19.6 Å². The number of fused-ring (bicyclic) bond motifs is 2. The largest absolute Gasteiger partial charge is 0.370 e. The van der Waals surface area contributed by atoms with Gasteiger partial charge in [0, 0.05) is 41.5 Å². The number of hydrogen-bond acceptors (Lipinski definition) is 3. The number of para-hydroxylation sites is 1. The molecular weight excluding hydrogens is 286 g/mol. The van der Waals surface area contributed by atoms with Crippen molar-refractivity contribution >= 4 is 22.4 Å². The maximum absolute atomic E-state index is 4.57. The highest BCUT2D eigenvalue weighted by molar-refractivity contribution is 5.83. The van der Waals surface area contributed by atoms with E-state index in [1.807, 2.05) is 10.6 Å². The van der Waals surface area contributed by atoms with Gasteiger partial charge in [0.05, 0.1) is 6.20 Å². The van der Waals surface area contributed by atoms with E-state index in [4.69, 9.17) is 0 Å². The summed E-state index contributed by atoms with van der Waals surface area (Å²) in [4.78, 5) is 7.89. The molecule has 1 aromatic carbocycles. The van der Waals surface area contributed by atoms with Gasteiger partial charge >= 0.3 is 0 Å². The van der Waals surface area contributed by atoms with E-state index in [1.165, 1.54) is 16.5 Å². The number of anilines is 1. The molecule has 116 valence electrons. The van der Waals surface area contributed by atoms with Crippen molar-refractivity contribution in [2.75, 3.05) is 11.9 Å². The average molecular weight is 305 g/mol. The molecule has 0 aliphatic rings. The molecule has 3 aromatic heterocycles. The van der Waals surface area contributed by atoms with Gasteiger partial charge in [-0.3, -0.25) is 0 Å². The van der Waals surface area contributed by atoms with Crippen LogP contribution in [0.2, 0.25) is 0 Å². The molecule has 0 atom stereocenters. The molecule has 4 rings (SSSR count). The number of rotatable bonds is 5. The number of H-pyrrole nitrogens is 1. The Labute approximate surface area is 134 Å². The molecule has 0 aliphatic heterocycles. The molecule has 0 spiro atoms. The number of aryl methyl sites for hydroxylation is 1. The van der Waals surface area contributed by atoms with E-state index in [0.29, 0.717) is 0 Å². The minimum absolute atomic E-state index is 0.851. The number of benzene rings is 1. The molecule has 0 saturated heterocycles. The fraction of sp³-hybridized carbons (Fsp3) is 0.222. The zero-order chi connectivity index (χ0) is 15.6. The first-order chi connectivity index (χ1) is 11.3. The van der Waals surface area contributed by atoms with Gasteiger partial charge in [-0.2, -0.15) is 9.61 Å². The maximum atomic E-state index is 4.57. The van der Waals surface area contributed by atoms with Gasteiger partial charge < -0.3 is 10.3 Å². The molecule has 4 aromatic rings. The van der Waals surface area contributed by atoms with Gasteiger partial charge in [-0.15, -0.1) is 0 Å². The lowest BCUT2D eigenvalue weighted by Gasteiger charge is -2.09. The molecule has 0 saturated carbocycles. The van der Waals surface area contributed by atoms with Crippen LogP contribution < -0.4 is 5.32 Å². The lowest BCUT2D eigenvalue weighted by Crippen LogP contribution is -2.10. The van der Waals surface area contributed by atoms with Crippen molar-refractivity contribution in [3.63, 3.8) is 0 Å². The van der Waals surface area contributed by atoms with E-state index >= 15 is 0 Å². The summed E-state index contributed by atoms with van der Waals surface area (Å²) in [5, 5.41) is 9.14. The topological polar surface area (TPSA) is 58.0 Å². The fourth-order valence-electron chi connectivity index (χ4n) is 2.94. The Hall–Kier alpha value is -2.82. The normalized spacial score (nSPS) is 11.3. The maximum Gasteiger partial charge on any atom is 0.157 e. The van der Waals surface area contributed by atoms with Crippen LogP contribution in [-0.2, 0) is 12.8 Å². The van der Waals surface area contributed by atoms with E-state index in [2.05, 4.69) is 63.8 Å². The number of hydrogen-bond donors (Lipinski definition) is 2. The minimum Gasteiger partial charge on any atom is -0.370 e. The highest BCUT2D eigenvalue weighted by Gasteiger charge is 2.06. The van der Waals surface area contributed by atoms with Crippen molar-refractivity contribution in [2.24, 2.45) is 0 Å². The number of aromatic amines is 1. The number of nitrogens with one attached hydrogen (secondary N) is 2. The molecule has 0 aliphatic carbocycles. The predicted molar refractivity (Wildman–Crippen MR) is 92.9 cm³/mol. The van der Waals surface area contributed by atoms with Gasteiger partial charge in [0.25, 0.3) is 0 Å². The molecule has 2 N–H and O–H groups in total. The first-order valence-corrected chi connectivity index (χ1v) is 7.97. The predicted octanol–water partition coefficient (Wildman–Crippen LogP) is 3.43. The molecule has 0 fully saturated rings. The van der Waals surface area contributed by atoms with E-state index in [9.17, 15) is 0 Å². The van der Waals surface area contributed by atoms with Crippen LogP contribution in [-0.4, -0.2) is 26.1 Å². The third kappa shape index (κ3) is 2.54. The zero-order valence-corrected chi connectivity index (χ0v) is 13.1. The van der Waals surface area contributed by atoms with E-state index in [1.54, 1.807) is 6.20 Å². The third-order valence-corrected chi connectivity index (χ3v) is 4.15. The van der Waals surface area contributed by atoms with Crippen LogP contribution in [0.25, 0.3) is 16.6 Å². The lowest BCUT2D eigenvalue weighted by molar-refractivity contribution is 0.895. The Kier molecular flexibility index (Phi) is 3.46. The standard InChI is InChI=1S/C18H19N5/c1-2-14-11-18(23-17(22-14)8-10-21-23)19-9-7-13-12-20-16-6-4-3-5-15(13)16/h3-6,8,10-12,19-20H,2,7,9H2,1H3. The van der Waals surface area contributed by atoms with Gasteiger partial charge in [-0.1, -0.05) is 25.1 Å². The monoisotopic (exact) mass is 305 g/mol. The quantitative estimate of drug-likeness (QED) is 0.594. The molecule has 0 bridgehead atoms. The third-order valence-electron chi connectivity index (χ3n) is 4.15. The van der Waals surface area contributed by atoms with E-state index in [0.717, 1.165) is 36.5 Å². The molecule has 0 unspecified atom stereocenters. The first kappa shape index (κ1) is 13.8. The van der Waals surface area contributed by atoms with Crippen molar-refractivity contribution in [2.45, 2.75) is 19.8 Å². The van der Waals surface area contributed by atoms with Crippen LogP contribution in [0.4, 0.5) is 5.82 Å². The SMILES string of the molecule is CCc1cc(NCCc2c[nH]c3ccccc23)n2nccc2n1. The molecule has 23 heavy (non-hydrogen) atoms. The van der Waals surface area contributed by atoms with Gasteiger partial charge in [0.1, 0.15) is 5.82 Å². The van der Waals surface area contributed by atoms with Gasteiger partial charge in [0.15, 0.2) is 5.65 Å². The minimum atomic E-state index is 0.851. The van der Waals surface area contributed by atoms with Gasteiger partial charge in [-0.25, -0.2) is 4.98 Å². The molecular formula is C18H19N5. The van der Waals surface area contributed by atoms with Crippen LogP contribution in [0.15, 0.2) is 48.8 Å². The van der Waals surface area contributed by atoms with Crippen LogP contribution in [0.3, 0.4) is 0 Å². The Morgan fingerprint density at radius 2 is 2.13 bits per heavy atom. The van der Waals surface area contributed by atoms with Crippen molar-refractivity contribution in [3.05, 3.63) is 60.0 Å². The van der Waals surface area contributed by atoms with Crippen molar-refractivity contribution in [1.29, 1.82) is 0 Å². The summed E-state index contributed by atoms with van der Waals surface area (Å²) in [6.45, 7) is 2.97. The Morgan fingerprint density at radius 3 is 3.04 bits per heavy atom. The average Bonchev–Trinajstić information content (AvgIpc) is 3.21. The lowest BCUT2D eigenvalue weighted by atomic mass is 10.1. The summed E-state index contributed by atoms with van der Waals surface area (Å²) in [5.41, 5.74) is 4.48. The second-order valence-corrected chi connectivity index (χ2v) is 5.62. The van der Waals surface area contributed by atoms with Crippen LogP contribution >= 0.6 is 0 Å². The molecule has 3 heterocycles. The van der Waals surface area contributed by atoms with Crippen LogP contribution in [0, 0.1) is 0 Å². The van der Waals surface area contributed by atoms with E-state index in [-0.39, 0.29) is 0 Å². The van der Waals surface area contributed by atoms with Crippen LogP contribution in [0.5, 0.6) is 0 Å². The summed E-state index contributed by atoms with van der Waals surface area (Å²) >= 11 is 0. The second kappa shape index (κ2) is 5.76. The molecule has 0 amide bonds. The summed E-state index contributed by atoms with van der Waals surface area (Å²) in [5.74, 6) is 0.997. The highest BCUT2D eigenvalue weighted by Crippen LogP contribution is 2.18. The Bertz CT molecular complexity index is 950. The zero-order valence-electron chi connectivity index (χ0n) is 13.1. The summed E-state index contributed by atoms with van der Waals surface area (Å²) in [7, 11) is 0. The summed E-state index contributed by atoms with van der Waals surface area (Å²) < 4.78 is 1.86. The summed E-state index contributed by atoms with van der Waals surface area (Å²) in [6.07, 6.45) is 5.75. The van der Waals surface area contributed by atoms with Gasteiger partial charge in [-0.05, 0) is 24.5 Å². The van der Waals surface area contributed by atoms with E-state index < -0.39 is 0 Å². The molecule has 5 heteroatoms. The van der Waals surface area contributed by atoms with Crippen molar-refractivity contribution < 1.29 is 0 Å². The number of aromatic nitrogens is 4. The smallest absolute Gasteiger partial charge is 0.157 e. The summed E-state index contributed by atoms with van der Waals surface area (Å²) in [6, 6.07) is 12.4. The Morgan fingerprint density at radius 1 is 1.22 bits per heavy atom. The van der Waals surface area contributed by atoms with Gasteiger partial charge in [0.2, 0.25) is 0 Å². The van der Waals surface area contributed by atoms with Crippen molar-refractivity contribution in [3.8, 4) is 0 Å². The fourth-order valence-corrected chi connectivity index (χ4v) is 2.94. The Balaban J connectivity index is 1.54. The first-order valence-electron chi connectivity index (χ1n) is 7.97.